The van der Waals surface area contributed by atoms with Gasteiger partial charge in [-0.25, -0.2) is 0 Å². The molecular formula is C28H29Cl2N3O3. The van der Waals surface area contributed by atoms with Crippen molar-refractivity contribution in [2.45, 2.75) is 39.7 Å². The van der Waals surface area contributed by atoms with E-state index < -0.39 is 11.9 Å². The molecule has 1 amide bonds. The molecule has 0 radical (unpaired) electrons. The molecule has 3 aromatic carbocycles. The smallest absolute Gasteiger partial charge is 0.303 e. The number of amides is 1. The lowest BCUT2D eigenvalue weighted by Crippen LogP contribution is -2.15. The van der Waals surface area contributed by atoms with Crippen LogP contribution in [0.5, 0.6) is 0 Å². The quantitative estimate of drug-likeness (QED) is 0.266. The zero-order valence-electron chi connectivity index (χ0n) is 20.4. The molecule has 8 heteroatoms. The third-order valence-electron chi connectivity index (χ3n) is 5.66. The molecule has 4 aromatic rings. The van der Waals surface area contributed by atoms with E-state index in [0.717, 1.165) is 34.0 Å². The Balaban J connectivity index is 0.000000658. The molecule has 1 atom stereocenters. The first-order chi connectivity index (χ1) is 17.1. The number of fused-ring (bicyclic) bond motifs is 1. The molecule has 0 bridgehead atoms. The number of nitrogens with two attached hydrogens (primary N) is 1. The van der Waals surface area contributed by atoms with E-state index in [-0.39, 0.29) is 12.5 Å². The SMILES string of the molecule is CC(C)CC(c1ccc(C(N)=O)cc1)n1cc2cc(-c3ccc(Cl)cc3Cl)ccc2n1.CCC(=O)O. The Kier molecular flexibility index (Phi) is 9.13. The Labute approximate surface area is 220 Å². The van der Waals surface area contributed by atoms with Crippen molar-refractivity contribution in [3.63, 3.8) is 0 Å². The van der Waals surface area contributed by atoms with E-state index in [1.54, 1.807) is 25.1 Å². The third kappa shape index (κ3) is 6.86. The first kappa shape index (κ1) is 27.2. The van der Waals surface area contributed by atoms with Gasteiger partial charge in [-0.3, -0.25) is 14.3 Å². The van der Waals surface area contributed by atoms with Crippen molar-refractivity contribution >= 4 is 46.0 Å². The largest absolute Gasteiger partial charge is 0.481 e. The van der Waals surface area contributed by atoms with Gasteiger partial charge in [-0.1, -0.05) is 68.2 Å². The van der Waals surface area contributed by atoms with Crippen LogP contribution in [-0.4, -0.2) is 26.8 Å². The summed E-state index contributed by atoms with van der Waals surface area (Å²) in [5.74, 6) is -0.702. The summed E-state index contributed by atoms with van der Waals surface area (Å²) in [6.45, 7) is 5.98. The second-order valence-electron chi connectivity index (χ2n) is 8.89. The van der Waals surface area contributed by atoms with Crippen LogP contribution < -0.4 is 5.73 Å². The van der Waals surface area contributed by atoms with Gasteiger partial charge in [0.15, 0.2) is 0 Å². The van der Waals surface area contributed by atoms with E-state index >= 15 is 0 Å². The number of hydrogen-bond donors (Lipinski definition) is 2. The van der Waals surface area contributed by atoms with Gasteiger partial charge < -0.3 is 10.8 Å². The Morgan fingerprint density at radius 1 is 1.03 bits per heavy atom. The highest BCUT2D eigenvalue weighted by molar-refractivity contribution is 6.36. The summed E-state index contributed by atoms with van der Waals surface area (Å²) in [5, 5.41) is 14.8. The van der Waals surface area contributed by atoms with E-state index in [4.69, 9.17) is 39.1 Å². The highest BCUT2D eigenvalue weighted by Crippen LogP contribution is 2.33. The molecule has 3 N–H and O–H groups in total. The van der Waals surface area contributed by atoms with Crippen LogP contribution in [0.25, 0.3) is 22.0 Å². The number of halogens is 2. The molecule has 0 aliphatic rings. The normalized spacial score (nSPS) is 11.7. The first-order valence-electron chi connectivity index (χ1n) is 11.6. The maximum absolute atomic E-state index is 11.4. The minimum atomic E-state index is -0.745. The fraction of sp³-hybridized carbons (Fsp3) is 0.250. The van der Waals surface area contributed by atoms with Crippen molar-refractivity contribution in [3.05, 3.63) is 88.0 Å². The van der Waals surface area contributed by atoms with E-state index in [9.17, 15) is 9.59 Å². The van der Waals surface area contributed by atoms with Gasteiger partial charge in [-0.2, -0.15) is 5.10 Å². The topological polar surface area (TPSA) is 98.2 Å². The van der Waals surface area contributed by atoms with Crippen LogP contribution in [0.4, 0.5) is 0 Å². The molecule has 0 spiro atoms. The number of carbonyl (C=O) groups is 2. The minimum Gasteiger partial charge on any atom is -0.481 e. The molecule has 0 aliphatic carbocycles. The second-order valence-corrected chi connectivity index (χ2v) is 9.73. The summed E-state index contributed by atoms with van der Waals surface area (Å²) in [6, 6.07) is 19.2. The summed E-state index contributed by atoms with van der Waals surface area (Å²) < 4.78 is 2.01. The number of hydrogen-bond acceptors (Lipinski definition) is 3. The summed E-state index contributed by atoms with van der Waals surface area (Å²) in [6.07, 6.45) is 3.21. The zero-order chi connectivity index (χ0) is 26.4. The van der Waals surface area contributed by atoms with E-state index in [0.29, 0.717) is 21.5 Å². The van der Waals surface area contributed by atoms with Crippen LogP contribution in [0.15, 0.2) is 66.9 Å². The fourth-order valence-corrected chi connectivity index (χ4v) is 4.33. The van der Waals surface area contributed by atoms with Crippen LogP contribution in [0.2, 0.25) is 10.0 Å². The Hall–Kier alpha value is -3.35. The van der Waals surface area contributed by atoms with Crippen LogP contribution in [0.3, 0.4) is 0 Å². The molecule has 0 fully saturated rings. The van der Waals surface area contributed by atoms with Gasteiger partial charge in [0.1, 0.15) is 0 Å². The molecule has 0 saturated heterocycles. The lowest BCUT2D eigenvalue weighted by Gasteiger charge is -2.20. The number of carboxylic acids is 1. The zero-order valence-corrected chi connectivity index (χ0v) is 21.9. The van der Waals surface area contributed by atoms with Crippen LogP contribution in [0.1, 0.15) is 55.6 Å². The molecule has 188 valence electrons. The number of primary amides is 1. The maximum Gasteiger partial charge on any atom is 0.303 e. The van der Waals surface area contributed by atoms with Gasteiger partial charge in [0.2, 0.25) is 5.91 Å². The standard InChI is InChI=1S/C25H23Cl2N3O.C3H6O2/c1-15(2)11-24(16-3-5-17(6-4-16)25(28)31)30-14-19-12-18(7-10-23(19)29-30)21-9-8-20(26)13-22(21)27;1-2-3(4)5/h3-10,12-15,24H,11H2,1-2H3,(H2,28,31);2H2,1H3,(H,4,5). The average Bonchev–Trinajstić information content (AvgIpc) is 3.26. The van der Waals surface area contributed by atoms with E-state index in [1.165, 1.54) is 0 Å². The number of nitrogens with zero attached hydrogens (tertiary/aromatic N) is 2. The second kappa shape index (κ2) is 12.1. The van der Waals surface area contributed by atoms with Crippen molar-refractivity contribution in [2.75, 3.05) is 0 Å². The highest BCUT2D eigenvalue weighted by Gasteiger charge is 2.18. The van der Waals surface area contributed by atoms with Crippen LogP contribution in [0, 0.1) is 5.92 Å². The first-order valence-corrected chi connectivity index (χ1v) is 12.4. The van der Waals surface area contributed by atoms with Gasteiger partial charge in [-0.15, -0.1) is 0 Å². The molecule has 6 nitrogen and oxygen atoms in total. The number of rotatable bonds is 7. The minimum absolute atomic E-state index is 0.0527. The van der Waals surface area contributed by atoms with Crippen molar-refractivity contribution in [3.8, 4) is 11.1 Å². The molecule has 0 saturated carbocycles. The third-order valence-corrected chi connectivity index (χ3v) is 6.21. The highest BCUT2D eigenvalue weighted by atomic mass is 35.5. The summed E-state index contributed by atoms with van der Waals surface area (Å²) in [5.41, 5.74) is 9.84. The van der Waals surface area contributed by atoms with Crippen LogP contribution in [-0.2, 0) is 4.79 Å². The molecule has 1 aromatic heterocycles. The molecule has 0 aliphatic heterocycles. The predicted octanol–water partition coefficient (Wildman–Crippen LogP) is 7.23. The van der Waals surface area contributed by atoms with Gasteiger partial charge in [0.05, 0.1) is 11.6 Å². The number of carboxylic acid groups (broad SMARTS) is 1. The number of aromatic nitrogens is 2. The molecular weight excluding hydrogens is 497 g/mol. The van der Waals surface area contributed by atoms with Gasteiger partial charge in [0, 0.05) is 39.2 Å². The lowest BCUT2D eigenvalue weighted by molar-refractivity contribution is -0.136. The Morgan fingerprint density at radius 2 is 1.69 bits per heavy atom. The molecule has 36 heavy (non-hydrogen) atoms. The van der Waals surface area contributed by atoms with Crippen LogP contribution >= 0.6 is 23.2 Å². The molecule has 4 rings (SSSR count). The van der Waals surface area contributed by atoms with Gasteiger partial charge in [-0.05, 0) is 59.9 Å². The Bertz CT molecular complexity index is 1360. The maximum atomic E-state index is 11.4. The van der Waals surface area contributed by atoms with Crippen molar-refractivity contribution in [1.82, 2.24) is 9.78 Å². The molecule has 1 heterocycles. The van der Waals surface area contributed by atoms with Gasteiger partial charge >= 0.3 is 5.97 Å². The van der Waals surface area contributed by atoms with Crippen molar-refractivity contribution in [1.29, 1.82) is 0 Å². The summed E-state index contributed by atoms with van der Waals surface area (Å²) >= 11 is 12.4. The fourth-order valence-electron chi connectivity index (χ4n) is 3.81. The number of aliphatic carboxylic acids is 1. The Morgan fingerprint density at radius 3 is 2.25 bits per heavy atom. The summed E-state index contributed by atoms with van der Waals surface area (Å²) in [4.78, 5) is 20.8. The number of benzene rings is 3. The number of carbonyl (C=O) groups excluding carboxylic acids is 1. The molecule has 1 unspecified atom stereocenters. The van der Waals surface area contributed by atoms with Gasteiger partial charge in [0.25, 0.3) is 0 Å². The van der Waals surface area contributed by atoms with Crippen molar-refractivity contribution in [2.24, 2.45) is 11.7 Å². The average molecular weight is 526 g/mol. The van der Waals surface area contributed by atoms with E-state index in [1.807, 2.05) is 41.1 Å². The van der Waals surface area contributed by atoms with Crippen molar-refractivity contribution < 1.29 is 14.7 Å². The summed E-state index contributed by atoms with van der Waals surface area (Å²) in [7, 11) is 0. The lowest BCUT2D eigenvalue weighted by atomic mass is 9.96. The van der Waals surface area contributed by atoms with E-state index in [2.05, 4.69) is 26.1 Å². The monoisotopic (exact) mass is 525 g/mol. The predicted molar refractivity (Wildman–Crippen MR) is 146 cm³/mol.